The molecule has 0 amide bonds. The van der Waals surface area contributed by atoms with Gasteiger partial charge in [-0.05, 0) is 6.07 Å². The van der Waals surface area contributed by atoms with Crippen LogP contribution in [0.3, 0.4) is 0 Å². The molecule has 0 aliphatic rings. The van der Waals surface area contributed by atoms with E-state index in [1.807, 2.05) is 13.8 Å². The third-order valence-electron chi connectivity index (χ3n) is 2.48. The molecule has 0 bridgehead atoms. The van der Waals surface area contributed by atoms with Gasteiger partial charge < -0.3 is 9.42 Å². The Morgan fingerprint density at radius 1 is 1.44 bits per heavy atom. The third kappa shape index (κ3) is 4.48. The first kappa shape index (κ1) is 15.3. The van der Waals surface area contributed by atoms with Crippen molar-refractivity contribution in [1.82, 2.24) is 0 Å². The molecule has 1 atom stereocenters. The van der Waals surface area contributed by atoms with Gasteiger partial charge in [-0.25, -0.2) is 4.57 Å². The number of para-hydroxylation sites is 1. The highest BCUT2D eigenvalue weighted by molar-refractivity contribution is 7.96. The van der Waals surface area contributed by atoms with Crippen LogP contribution in [0, 0.1) is 0 Å². The summed E-state index contributed by atoms with van der Waals surface area (Å²) < 4.78 is 16.4. The van der Waals surface area contributed by atoms with Crippen LogP contribution >= 0.6 is 20.2 Å². The van der Waals surface area contributed by atoms with Crippen LogP contribution in [0.15, 0.2) is 24.3 Å². The number of carbonyl (C=O) groups excluding carboxylic acids is 1. The van der Waals surface area contributed by atoms with E-state index in [9.17, 15) is 14.3 Å². The first-order valence-corrected chi connectivity index (χ1v) is 7.90. The topological polar surface area (TPSA) is 63.6 Å². The Morgan fingerprint density at radius 2 is 2.00 bits per heavy atom. The summed E-state index contributed by atoms with van der Waals surface area (Å²) in [6.45, 7) is 4.85. The SMILES string of the molecule is CC(C)(CC(=O)S)c1ccccc1OP(C)(=O)O. The molecule has 0 aromatic heterocycles. The summed E-state index contributed by atoms with van der Waals surface area (Å²) in [5, 5.41) is -0.238. The summed E-state index contributed by atoms with van der Waals surface area (Å²) in [5.41, 5.74) is 0.202. The van der Waals surface area contributed by atoms with Gasteiger partial charge in [0.1, 0.15) is 5.75 Å². The minimum atomic E-state index is -3.62. The van der Waals surface area contributed by atoms with Gasteiger partial charge in [0.05, 0.1) is 0 Å². The van der Waals surface area contributed by atoms with E-state index in [2.05, 4.69) is 12.6 Å². The second kappa shape index (κ2) is 5.47. The number of carbonyl (C=O) groups is 1. The Kier molecular flexibility index (Phi) is 4.65. The maximum Gasteiger partial charge on any atom is 0.373 e. The lowest BCUT2D eigenvalue weighted by Gasteiger charge is -2.26. The van der Waals surface area contributed by atoms with Gasteiger partial charge in [0.2, 0.25) is 0 Å². The van der Waals surface area contributed by atoms with E-state index in [-0.39, 0.29) is 11.5 Å². The molecular weight excluding hydrogens is 271 g/mol. The maximum atomic E-state index is 11.3. The predicted octanol–water partition coefficient (Wildman–Crippen LogP) is 3.00. The third-order valence-corrected chi connectivity index (χ3v) is 3.17. The van der Waals surface area contributed by atoms with Gasteiger partial charge in [0, 0.05) is 24.1 Å². The normalized spacial score (nSPS) is 14.9. The van der Waals surface area contributed by atoms with Gasteiger partial charge in [0.25, 0.3) is 0 Å². The van der Waals surface area contributed by atoms with Crippen molar-refractivity contribution >= 4 is 25.3 Å². The van der Waals surface area contributed by atoms with E-state index in [0.717, 1.165) is 6.66 Å². The van der Waals surface area contributed by atoms with Crippen molar-refractivity contribution < 1.29 is 18.8 Å². The highest BCUT2D eigenvalue weighted by Crippen LogP contribution is 2.43. The molecule has 0 heterocycles. The van der Waals surface area contributed by atoms with Crippen LogP contribution in [0.5, 0.6) is 5.75 Å². The highest BCUT2D eigenvalue weighted by Gasteiger charge is 2.28. The van der Waals surface area contributed by atoms with Crippen LogP contribution in [0.2, 0.25) is 0 Å². The Morgan fingerprint density at radius 3 is 2.50 bits per heavy atom. The first-order valence-electron chi connectivity index (χ1n) is 5.43. The lowest BCUT2D eigenvalue weighted by atomic mass is 9.81. The quantitative estimate of drug-likeness (QED) is 0.646. The van der Waals surface area contributed by atoms with E-state index in [0.29, 0.717) is 11.3 Å². The van der Waals surface area contributed by atoms with Crippen LogP contribution in [0.4, 0.5) is 0 Å². The van der Waals surface area contributed by atoms with E-state index in [1.165, 1.54) is 0 Å². The van der Waals surface area contributed by atoms with Gasteiger partial charge in [-0.3, -0.25) is 4.79 Å². The van der Waals surface area contributed by atoms with Crippen molar-refractivity contribution in [2.45, 2.75) is 25.7 Å². The van der Waals surface area contributed by atoms with Crippen molar-refractivity contribution in [1.29, 1.82) is 0 Å². The summed E-state index contributed by atoms with van der Waals surface area (Å²) in [6, 6.07) is 6.91. The molecule has 1 aromatic carbocycles. The maximum absolute atomic E-state index is 11.3. The molecule has 6 heteroatoms. The number of hydrogen-bond acceptors (Lipinski definition) is 3. The van der Waals surface area contributed by atoms with Crippen molar-refractivity contribution in [3.8, 4) is 5.75 Å². The van der Waals surface area contributed by atoms with Gasteiger partial charge in [-0.15, -0.1) is 12.6 Å². The molecule has 0 saturated heterocycles. The zero-order valence-corrected chi connectivity index (χ0v) is 12.4. The summed E-state index contributed by atoms with van der Waals surface area (Å²) in [6.07, 6.45) is 0.218. The van der Waals surface area contributed by atoms with E-state index in [1.54, 1.807) is 24.3 Å². The molecule has 1 unspecified atom stereocenters. The van der Waals surface area contributed by atoms with Crippen LogP contribution in [-0.2, 0) is 14.8 Å². The predicted molar refractivity (Wildman–Crippen MR) is 74.5 cm³/mol. The molecule has 100 valence electrons. The van der Waals surface area contributed by atoms with E-state index >= 15 is 0 Å². The second-order valence-corrected chi connectivity index (χ2v) is 7.13. The Bertz CT molecular complexity index is 493. The molecule has 0 aliphatic heterocycles. The number of hydrogen-bond donors (Lipinski definition) is 2. The number of thiol groups is 1. The summed E-state index contributed by atoms with van der Waals surface area (Å²) >= 11 is 3.78. The zero-order chi connectivity index (χ0) is 14.0. The van der Waals surface area contributed by atoms with Gasteiger partial charge >= 0.3 is 7.60 Å². The molecular formula is C12H17O4PS. The van der Waals surface area contributed by atoms with Crippen molar-refractivity contribution in [2.24, 2.45) is 0 Å². The fourth-order valence-electron chi connectivity index (χ4n) is 1.76. The fourth-order valence-corrected chi connectivity index (χ4v) is 2.68. The van der Waals surface area contributed by atoms with Gasteiger partial charge in [-0.2, -0.15) is 0 Å². The molecule has 0 spiro atoms. The molecule has 1 rings (SSSR count). The summed E-state index contributed by atoms with van der Waals surface area (Å²) in [5.74, 6) is 0.324. The Labute approximate surface area is 112 Å². The zero-order valence-electron chi connectivity index (χ0n) is 10.6. The van der Waals surface area contributed by atoms with Crippen LogP contribution in [0.1, 0.15) is 25.8 Å². The molecule has 18 heavy (non-hydrogen) atoms. The Hall–Kier alpha value is -0.770. The molecule has 1 N–H and O–H groups in total. The van der Waals surface area contributed by atoms with Gasteiger partial charge in [0.15, 0.2) is 5.12 Å². The second-order valence-electron chi connectivity index (χ2n) is 4.84. The van der Waals surface area contributed by atoms with Crippen LogP contribution in [-0.4, -0.2) is 16.7 Å². The van der Waals surface area contributed by atoms with E-state index < -0.39 is 13.0 Å². The highest BCUT2D eigenvalue weighted by atomic mass is 32.1. The Balaban J connectivity index is 3.16. The average molecular weight is 288 g/mol. The molecule has 0 aliphatic carbocycles. The molecule has 0 radical (unpaired) electrons. The van der Waals surface area contributed by atoms with Crippen molar-refractivity contribution in [2.75, 3.05) is 6.66 Å². The first-order chi connectivity index (χ1) is 8.12. The molecule has 0 fully saturated rings. The molecule has 1 aromatic rings. The monoisotopic (exact) mass is 288 g/mol. The lowest BCUT2D eigenvalue weighted by molar-refractivity contribution is -0.111. The van der Waals surface area contributed by atoms with E-state index in [4.69, 9.17) is 4.52 Å². The summed E-state index contributed by atoms with van der Waals surface area (Å²) in [4.78, 5) is 20.4. The number of rotatable bonds is 5. The van der Waals surface area contributed by atoms with Crippen molar-refractivity contribution in [3.63, 3.8) is 0 Å². The van der Waals surface area contributed by atoms with Crippen molar-refractivity contribution in [3.05, 3.63) is 29.8 Å². The fraction of sp³-hybridized carbons (Fsp3) is 0.417. The lowest BCUT2D eigenvalue weighted by Crippen LogP contribution is -2.20. The molecule has 0 saturated carbocycles. The summed E-state index contributed by atoms with van der Waals surface area (Å²) in [7, 11) is -3.62. The minimum Gasteiger partial charge on any atom is -0.424 e. The minimum absolute atomic E-state index is 0.218. The van der Waals surface area contributed by atoms with Gasteiger partial charge in [-0.1, -0.05) is 32.0 Å². The standard InChI is InChI=1S/C12H17O4PS/c1-12(2,8-11(13)18)9-6-4-5-7-10(9)16-17(3,14)15/h4-7H,8H2,1-3H3,(H,13,18)(H,14,15). The van der Waals surface area contributed by atoms with Crippen LogP contribution in [0.25, 0.3) is 0 Å². The molecule has 4 nitrogen and oxygen atoms in total. The van der Waals surface area contributed by atoms with Crippen LogP contribution < -0.4 is 4.52 Å². The number of benzene rings is 1. The smallest absolute Gasteiger partial charge is 0.373 e. The largest absolute Gasteiger partial charge is 0.424 e. The average Bonchev–Trinajstić information content (AvgIpc) is 2.13.